The summed E-state index contributed by atoms with van der Waals surface area (Å²) in [6, 6.07) is 39.3. The molecule has 5 heteroatoms. The van der Waals surface area contributed by atoms with Gasteiger partial charge in [-0.3, -0.25) is 4.79 Å². The highest BCUT2D eigenvalue weighted by atomic mass is 32.1. The van der Waals surface area contributed by atoms with Crippen molar-refractivity contribution in [1.82, 2.24) is 0 Å². The molecule has 0 N–H and O–H groups in total. The SMILES string of the molecule is N#CCC(=O)c1ccc(-c2ccc(-c3ccc(N(c4ccccc4)c4ccccc4)cc3)s2)s1. The minimum absolute atomic E-state index is 0.0784. The fourth-order valence-electron chi connectivity index (χ4n) is 3.78. The van der Waals surface area contributed by atoms with Gasteiger partial charge >= 0.3 is 0 Å². The first-order chi connectivity index (χ1) is 16.7. The third kappa shape index (κ3) is 4.55. The molecule has 0 spiro atoms. The van der Waals surface area contributed by atoms with Gasteiger partial charge in [-0.05, 0) is 66.2 Å². The molecule has 164 valence electrons. The average molecular weight is 477 g/mol. The Morgan fingerprint density at radius 1 is 0.647 bits per heavy atom. The number of carbonyl (C=O) groups excluding carboxylic acids is 1. The van der Waals surface area contributed by atoms with E-state index in [1.165, 1.54) is 16.2 Å². The summed E-state index contributed by atoms with van der Waals surface area (Å²) in [5.41, 5.74) is 4.47. The van der Waals surface area contributed by atoms with Crippen LogP contribution in [0, 0.1) is 11.3 Å². The molecule has 0 saturated carbocycles. The second kappa shape index (κ2) is 9.88. The number of hydrogen-bond acceptors (Lipinski definition) is 5. The lowest BCUT2D eigenvalue weighted by molar-refractivity contribution is 0.100. The van der Waals surface area contributed by atoms with E-state index in [1.807, 2.05) is 30.3 Å². The van der Waals surface area contributed by atoms with Gasteiger partial charge in [0.25, 0.3) is 0 Å². The summed E-state index contributed by atoms with van der Waals surface area (Å²) in [7, 11) is 0. The van der Waals surface area contributed by atoms with Gasteiger partial charge in [-0.25, -0.2) is 0 Å². The van der Waals surface area contributed by atoms with Gasteiger partial charge in [0.05, 0.1) is 17.4 Å². The number of para-hydroxylation sites is 2. The van der Waals surface area contributed by atoms with Gasteiger partial charge in [0.2, 0.25) is 0 Å². The highest BCUT2D eigenvalue weighted by Gasteiger charge is 2.14. The largest absolute Gasteiger partial charge is 0.311 e. The van der Waals surface area contributed by atoms with Crippen molar-refractivity contribution in [3.8, 4) is 26.3 Å². The standard InChI is InChI=1S/C29H20N2OS2/c30-20-19-25(32)27-16-18-29(34-27)28-17-15-26(33-28)21-11-13-24(14-12-21)31(22-7-3-1-4-8-22)23-9-5-2-6-10-23/h1-18H,19H2. The van der Waals surface area contributed by atoms with E-state index in [2.05, 4.69) is 89.8 Å². The van der Waals surface area contributed by atoms with E-state index in [0.717, 1.165) is 32.4 Å². The zero-order valence-corrected chi connectivity index (χ0v) is 19.9. The Hall–Kier alpha value is -3.98. The van der Waals surface area contributed by atoms with Crippen molar-refractivity contribution in [2.75, 3.05) is 4.90 Å². The quantitative estimate of drug-likeness (QED) is 0.221. The lowest BCUT2D eigenvalue weighted by Crippen LogP contribution is -2.09. The Morgan fingerprint density at radius 3 is 1.79 bits per heavy atom. The lowest BCUT2D eigenvalue weighted by atomic mass is 10.1. The molecule has 0 aliphatic rings. The zero-order chi connectivity index (χ0) is 23.3. The number of thiophene rings is 2. The van der Waals surface area contributed by atoms with E-state index in [9.17, 15) is 4.79 Å². The second-order valence-electron chi connectivity index (χ2n) is 7.64. The number of carbonyl (C=O) groups is 1. The van der Waals surface area contributed by atoms with Crippen molar-refractivity contribution >= 4 is 45.5 Å². The van der Waals surface area contributed by atoms with Crippen molar-refractivity contribution in [3.63, 3.8) is 0 Å². The van der Waals surface area contributed by atoms with Crippen molar-refractivity contribution in [3.05, 3.63) is 114 Å². The van der Waals surface area contributed by atoms with Gasteiger partial charge < -0.3 is 4.90 Å². The number of hydrogen-bond donors (Lipinski definition) is 0. The molecule has 0 unspecified atom stereocenters. The first kappa shape index (κ1) is 21.8. The van der Waals surface area contributed by atoms with Crippen LogP contribution in [0.2, 0.25) is 0 Å². The van der Waals surface area contributed by atoms with E-state index in [0.29, 0.717) is 4.88 Å². The van der Waals surface area contributed by atoms with Crippen molar-refractivity contribution in [1.29, 1.82) is 5.26 Å². The molecule has 0 saturated heterocycles. The Bertz CT molecular complexity index is 1410. The Kier molecular flexibility index (Phi) is 6.35. The molecule has 0 radical (unpaired) electrons. The number of nitrogens with zero attached hydrogens (tertiary/aromatic N) is 2. The van der Waals surface area contributed by atoms with Gasteiger partial charge in [-0.15, -0.1) is 22.7 Å². The fraction of sp³-hybridized carbons (Fsp3) is 0.0345. The fourth-order valence-corrected chi connectivity index (χ4v) is 5.83. The third-order valence-corrected chi connectivity index (χ3v) is 7.86. The van der Waals surface area contributed by atoms with Crippen LogP contribution in [0.5, 0.6) is 0 Å². The number of rotatable bonds is 7. The van der Waals surface area contributed by atoms with Crippen LogP contribution < -0.4 is 4.90 Å². The summed E-state index contributed by atoms with van der Waals surface area (Å²) in [5, 5.41) is 8.77. The van der Waals surface area contributed by atoms with E-state index in [4.69, 9.17) is 5.26 Å². The van der Waals surface area contributed by atoms with Gasteiger partial charge in [0.15, 0.2) is 5.78 Å². The molecule has 0 bridgehead atoms. The van der Waals surface area contributed by atoms with E-state index in [-0.39, 0.29) is 12.2 Å². The maximum Gasteiger partial charge on any atom is 0.186 e. The van der Waals surface area contributed by atoms with Crippen LogP contribution in [-0.2, 0) is 0 Å². The number of benzene rings is 3. The average Bonchev–Trinajstić information content (AvgIpc) is 3.57. The van der Waals surface area contributed by atoms with Crippen LogP contribution in [-0.4, -0.2) is 5.78 Å². The van der Waals surface area contributed by atoms with Gasteiger partial charge in [0.1, 0.15) is 0 Å². The van der Waals surface area contributed by atoms with Crippen LogP contribution in [0.15, 0.2) is 109 Å². The molecule has 5 aromatic rings. The molecule has 5 rings (SSSR count). The van der Waals surface area contributed by atoms with Gasteiger partial charge in [-0.1, -0.05) is 48.5 Å². The molecular weight excluding hydrogens is 456 g/mol. The summed E-state index contributed by atoms with van der Waals surface area (Å²) in [5.74, 6) is -0.118. The van der Waals surface area contributed by atoms with E-state index >= 15 is 0 Å². The minimum Gasteiger partial charge on any atom is -0.311 e. The molecule has 34 heavy (non-hydrogen) atoms. The van der Waals surface area contributed by atoms with Crippen LogP contribution in [0.4, 0.5) is 17.1 Å². The summed E-state index contributed by atoms with van der Waals surface area (Å²) in [6.45, 7) is 0. The summed E-state index contributed by atoms with van der Waals surface area (Å²) in [6.07, 6.45) is -0.0784. The molecule has 3 aromatic carbocycles. The highest BCUT2D eigenvalue weighted by Crippen LogP contribution is 2.40. The maximum atomic E-state index is 12.0. The molecule has 2 heterocycles. The van der Waals surface area contributed by atoms with Crippen LogP contribution in [0.1, 0.15) is 16.1 Å². The van der Waals surface area contributed by atoms with Crippen molar-refractivity contribution in [2.45, 2.75) is 6.42 Å². The third-order valence-electron chi connectivity index (χ3n) is 5.41. The first-order valence-corrected chi connectivity index (χ1v) is 12.5. The summed E-state index contributed by atoms with van der Waals surface area (Å²) < 4.78 is 0. The Balaban J connectivity index is 1.42. The molecule has 0 fully saturated rings. The van der Waals surface area contributed by atoms with Crippen LogP contribution in [0.25, 0.3) is 20.2 Å². The summed E-state index contributed by atoms with van der Waals surface area (Å²) >= 11 is 3.15. The van der Waals surface area contributed by atoms with Crippen LogP contribution in [0.3, 0.4) is 0 Å². The summed E-state index contributed by atoms with van der Waals surface area (Å²) in [4.78, 5) is 18.2. The van der Waals surface area contributed by atoms with E-state index < -0.39 is 0 Å². The van der Waals surface area contributed by atoms with Crippen LogP contribution >= 0.6 is 22.7 Å². The monoisotopic (exact) mass is 476 g/mol. The topological polar surface area (TPSA) is 44.1 Å². The Morgan fingerprint density at radius 2 is 1.18 bits per heavy atom. The number of anilines is 3. The number of nitriles is 1. The zero-order valence-electron chi connectivity index (χ0n) is 18.2. The predicted octanol–water partition coefficient (Wildman–Crippen LogP) is 8.71. The first-order valence-electron chi connectivity index (χ1n) is 10.8. The normalized spacial score (nSPS) is 10.6. The van der Waals surface area contributed by atoms with Gasteiger partial charge in [0, 0.05) is 31.7 Å². The number of ketones is 1. The lowest BCUT2D eigenvalue weighted by Gasteiger charge is -2.25. The van der Waals surface area contributed by atoms with Gasteiger partial charge in [-0.2, -0.15) is 5.26 Å². The van der Waals surface area contributed by atoms with Crippen molar-refractivity contribution in [2.24, 2.45) is 0 Å². The molecule has 2 aromatic heterocycles. The highest BCUT2D eigenvalue weighted by molar-refractivity contribution is 7.24. The Labute approximate surface area is 206 Å². The molecule has 3 nitrogen and oxygen atoms in total. The molecule has 0 atom stereocenters. The van der Waals surface area contributed by atoms with Crippen molar-refractivity contribution < 1.29 is 4.79 Å². The maximum absolute atomic E-state index is 12.0. The molecule has 0 aliphatic heterocycles. The minimum atomic E-state index is -0.118. The second-order valence-corrected chi connectivity index (χ2v) is 9.81. The molecule has 0 aliphatic carbocycles. The molecule has 0 amide bonds. The predicted molar refractivity (Wildman–Crippen MR) is 142 cm³/mol. The smallest absolute Gasteiger partial charge is 0.186 e. The van der Waals surface area contributed by atoms with E-state index in [1.54, 1.807) is 11.3 Å². The molecular formula is C29H20N2OS2. The number of Topliss-reactive ketones (excluding diaryl/α,β-unsaturated/α-hetero) is 1.